The van der Waals surface area contributed by atoms with Crippen LogP contribution in [0.2, 0.25) is 5.28 Å². The first kappa shape index (κ1) is 15.5. The molecule has 4 heteroatoms. The van der Waals surface area contributed by atoms with Gasteiger partial charge in [-0.15, -0.1) is 11.3 Å². The molecule has 124 valence electrons. The molecule has 2 heterocycles. The number of thiophene rings is 1. The molecule has 0 aliphatic heterocycles. The topological polar surface area (TPSA) is 25.8 Å². The molecule has 2 aromatic heterocycles. The third-order valence-electron chi connectivity index (χ3n) is 4.46. The second-order valence-electron chi connectivity index (χ2n) is 6.03. The van der Waals surface area contributed by atoms with Gasteiger partial charge in [0.05, 0.1) is 15.9 Å². The fourth-order valence-electron chi connectivity index (χ4n) is 3.31. The van der Waals surface area contributed by atoms with E-state index in [1.165, 1.54) is 4.70 Å². The maximum atomic E-state index is 6.31. The second-order valence-corrected chi connectivity index (χ2v) is 7.42. The van der Waals surface area contributed by atoms with E-state index >= 15 is 0 Å². The molecule has 26 heavy (non-hydrogen) atoms. The Labute approximate surface area is 159 Å². The van der Waals surface area contributed by atoms with Gasteiger partial charge in [0, 0.05) is 15.6 Å². The summed E-state index contributed by atoms with van der Waals surface area (Å²) in [5, 5.41) is 1.40. The number of hydrogen-bond donors (Lipinski definition) is 0. The average Bonchev–Trinajstić information content (AvgIpc) is 3.07. The van der Waals surface area contributed by atoms with E-state index in [4.69, 9.17) is 11.6 Å². The number of hydrogen-bond acceptors (Lipinski definition) is 3. The van der Waals surface area contributed by atoms with Crippen LogP contribution in [-0.2, 0) is 0 Å². The van der Waals surface area contributed by atoms with Gasteiger partial charge < -0.3 is 0 Å². The molecule has 3 aromatic carbocycles. The first-order chi connectivity index (χ1) is 12.8. The van der Waals surface area contributed by atoms with Crippen LogP contribution in [-0.4, -0.2) is 9.97 Å². The van der Waals surface area contributed by atoms with Gasteiger partial charge in [0.15, 0.2) is 0 Å². The van der Waals surface area contributed by atoms with Gasteiger partial charge in [-0.2, -0.15) is 0 Å². The largest absolute Gasteiger partial charge is 0.223 e. The average molecular weight is 373 g/mol. The minimum atomic E-state index is 0.277. The van der Waals surface area contributed by atoms with E-state index in [0.717, 1.165) is 38.0 Å². The SMILES string of the molecule is Clc1nc(-c2ccccc2-c2ccccc2)c2sc3ccccc3c2n1. The van der Waals surface area contributed by atoms with Crippen LogP contribution in [0.1, 0.15) is 0 Å². The normalized spacial score (nSPS) is 11.3. The van der Waals surface area contributed by atoms with Crippen LogP contribution in [0.4, 0.5) is 0 Å². The van der Waals surface area contributed by atoms with Gasteiger partial charge in [0.2, 0.25) is 5.28 Å². The van der Waals surface area contributed by atoms with Gasteiger partial charge in [-0.3, -0.25) is 0 Å². The molecule has 5 aromatic rings. The van der Waals surface area contributed by atoms with E-state index in [1.807, 2.05) is 36.4 Å². The molecule has 0 amide bonds. The molecule has 0 fully saturated rings. The van der Waals surface area contributed by atoms with E-state index < -0.39 is 0 Å². The summed E-state index contributed by atoms with van der Waals surface area (Å²) in [5.41, 5.74) is 5.18. The van der Waals surface area contributed by atoms with Gasteiger partial charge in [-0.1, -0.05) is 72.8 Å². The zero-order chi connectivity index (χ0) is 17.5. The number of aromatic nitrogens is 2. The zero-order valence-corrected chi connectivity index (χ0v) is 15.3. The Morgan fingerprint density at radius 1 is 0.692 bits per heavy atom. The second kappa shape index (κ2) is 6.20. The first-order valence-electron chi connectivity index (χ1n) is 8.31. The maximum Gasteiger partial charge on any atom is 0.223 e. The molecule has 0 unspecified atom stereocenters. The van der Waals surface area contributed by atoms with Crippen molar-refractivity contribution in [3.63, 3.8) is 0 Å². The number of nitrogens with zero attached hydrogens (tertiary/aromatic N) is 2. The maximum absolute atomic E-state index is 6.31. The third-order valence-corrected chi connectivity index (χ3v) is 5.80. The summed E-state index contributed by atoms with van der Waals surface area (Å²) in [7, 11) is 0. The van der Waals surface area contributed by atoms with Crippen LogP contribution in [0, 0.1) is 0 Å². The Morgan fingerprint density at radius 2 is 1.38 bits per heavy atom. The Balaban J connectivity index is 1.86. The van der Waals surface area contributed by atoms with Crippen molar-refractivity contribution in [1.29, 1.82) is 0 Å². The lowest BCUT2D eigenvalue weighted by molar-refractivity contribution is 1.24. The highest BCUT2D eigenvalue weighted by molar-refractivity contribution is 7.26. The standard InChI is InChI=1S/C22H13ClN2S/c23-22-24-19(21-20(25-22)17-12-6-7-13-18(17)26-21)16-11-5-4-10-15(16)14-8-2-1-3-9-14/h1-13H. The predicted octanol–water partition coefficient (Wildman–Crippen LogP) is 6.83. The van der Waals surface area contributed by atoms with Gasteiger partial charge in [-0.25, -0.2) is 9.97 Å². The van der Waals surface area contributed by atoms with Gasteiger partial charge in [0.1, 0.15) is 0 Å². The molecule has 0 aliphatic carbocycles. The number of benzene rings is 3. The summed E-state index contributed by atoms with van der Waals surface area (Å²) in [4.78, 5) is 9.13. The number of fused-ring (bicyclic) bond motifs is 3. The van der Waals surface area contributed by atoms with E-state index in [-0.39, 0.29) is 5.28 Å². The smallest absolute Gasteiger partial charge is 0.216 e. The molecule has 0 atom stereocenters. The molecule has 0 spiro atoms. The first-order valence-corrected chi connectivity index (χ1v) is 9.50. The van der Waals surface area contributed by atoms with Crippen molar-refractivity contribution in [3.05, 3.63) is 84.1 Å². The predicted molar refractivity (Wildman–Crippen MR) is 111 cm³/mol. The summed E-state index contributed by atoms with van der Waals surface area (Å²) in [5.74, 6) is 0. The van der Waals surface area contributed by atoms with Crippen molar-refractivity contribution in [2.45, 2.75) is 0 Å². The zero-order valence-electron chi connectivity index (χ0n) is 13.7. The van der Waals surface area contributed by atoms with Crippen molar-refractivity contribution < 1.29 is 0 Å². The van der Waals surface area contributed by atoms with Crippen LogP contribution in [0.25, 0.3) is 42.7 Å². The van der Waals surface area contributed by atoms with E-state index in [2.05, 4.69) is 52.4 Å². The Hall–Kier alpha value is -2.75. The lowest BCUT2D eigenvalue weighted by Crippen LogP contribution is -1.91. The Morgan fingerprint density at radius 3 is 2.23 bits per heavy atom. The summed E-state index contributed by atoms with van der Waals surface area (Å²) >= 11 is 8.02. The summed E-state index contributed by atoms with van der Waals surface area (Å²) in [6.07, 6.45) is 0. The molecule has 0 saturated carbocycles. The highest BCUT2D eigenvalue weighted by atomic mass is 35.5. The quantitative estimate of drug-likeness (QED) is 0.317. The Bertz CT molecular complexity index is 1250. The highest BCUT2D eigenvalue weighted by Gasteiger charge is 2.17. The fraction of sp³-hybridized carbons (Fsp3) is 0. The van der Waals surface area contributed by atoms with Crippen molar-refractivity contribution in [2.24, 2.45) is 0 Å². The fourth-order valence-corrected chi connectivity index (χ4v) is 4.62. The van der Waals surface area contributed by atoms with E-state index in [1.54, 1.807) is 11.3 Å². The summed E-state index contributed by atoms with van der Waals surface area (Å²) in [6.45, 7) is 0. The number of halogens is 1. The van der Waals surface area contributed by atoms with Crippen LogP contribution in [0.15, 0.2) is 78.9 Å². The lowest BCUT2D eigenvalue weighted by Gasteiger charge is -2.10. The molecule has 5 rings (SSSR count). The van der Waals surface area contributed by atoms with Crippen molar-refractivity contribution in [3.8, 4) is 22.4 Å². The molecule has 0 saturated heterocycles. The Kier molecular flexibility index (Phi) is 3.70. The van der Waals surface area contributed by atoms with Crippen molar-refractivity contribution >= 4 is 43.2 Å². The molecule has 0 N–H and O–H groups in total. The third kappa shape index (κ3) is 2.48. The molecular formula is C22H13ClN2S. The van der Waals surface area contributed by atoms with E-state index in [0.29, 0.717) is 0 Å². The van der Waals surface area contributed by atoms with Crippen LogP contribution < -0.4 is 0 Å². The lowest BCUT2D eigenvalue weighted by atomic mass is 9.97. The van der Waals surface area contributed by atoms with Crippen LogP contribution >= 0.6 is 22.9 Å². The number of rotatable bonds is 2. The van der Waals surface area contributed by atoms with E-state index in [9.17, 15) is 0 Å². The minimum absolute atomic E-state index is 0.277. The van der Waals surface area contributed by atoms with Crippen LogP contribution in [0.3, 0.4) is 0 Å². The highest BCUT2D eigenvalue weighted by Crippen LogP contribution is 2.41. The van der Waals surface area contributed by atoms with Gasteiger partial charge in [-0.05, 0) is 28.8 Å². The van der Waals surface area contributed by atoms with Gasteiger partial charge >= 0.3 is 0 Å². The minimum Gasteiger partial charge on any atom is -0.216 e. The molecule has 0 aliphatic rings. The molecule has 2 nitrogen and oxygen atoms in total. The van der Waals surface area contributed by atoms with Crippen molar-refractivity contribution in [2.75, 3.05) is 0 Å². The molecule has 0 radical (unpaired) electrons. The molecule has 0 bridgehead atoms. The van der Waals surface area contributed by atoms with Gasteiger partial charge in [0.25, 0.3) is 0 Å². The monoisotopic (exact) mass is 372 g/mol. The summed E-state index contributed by atoms with van der Waals surface area (Å²) < 4.78 is 2.26. The molecular weight excluding hydrogens is 360 g/mol. The van der Waals surface area contributed by atoms with Crippen molar-refractivity contribution in [1.82, 2.24) is 9.97 Å². The van der Waals surface area contributed by atoms with Crippen LogP contribution in [0.5, 0.6) is 0 Å². The summed E-state index contributed by atoms with van der Waals surface area (Å²) in [6, 6.07) is 26.9.